The Balaban J connectivity index is 2.70. The normalized spacial score (nSPS) is 11.9. The van der Waals surface area contributed by atoms with Gasteiger partial charge in [-0.2, -0.15) is 13.2 Å². The van der Waals surface area contributed by atoms with Crippen LogP contribution < -0.4 is 5.32 Å². The molecule has 0 bridgehead atoms. The van der Waals surface area contributed by atoms with Crippen molar-refractivity contribution in [2.45, 2.75) is 26.9 Å². The first-order valence-electron chi connectivity index (χ1n) is 6.38. The van der Waals surface area contributed by atoms with E-state index in [1.165, 1.54) is 13.0 Å². The van der Waals surface area contributed by atoms with E-state index in [0.29, 0.717) is 12.2 Å². The number of likely N-dealkylation sites (N-methyl/N-ethyl adjacent to an activating group) is 1. The number of benzene rings is 1. The first-order chi connectivity index (χ1) is 8.90. The molecule has 5 heteroatoms. The average molecular weight is 273 g/mol. The first kappa shape index (κ1) is 15.8. The molecule has 0 aliphatic rings. The highest BCUT2D eigenvalue weighted by Crippen LogP contribution is 2.34. The number of anilines is 1. The minimum Gasteiger partial charge on any atom is -0.383 e. The molecular formula is C14H20F3N2. The van der Waals surface area contributed by atoms with Crippen LogP contribution in [0, 0.1) is 13.5 Å². The van der Waals surface area contributed by atoms with E-state index in [1.807, 2.05) is 20.4 Å². The quantitative estimate of drug-likeness (QED) is 0.844. The highest BCUT2D eigenvalue weighted by molar-refractivity contribution is 5.54. The Labute approximate surface area is 112 Å². The van der Waals surface area contributed by atoms with Gasteiger partial charge in [0, 0.05) is 18.8 Å². The van der Waals surface area contributed by atoms with E-state index in [-0.39, 0.29) is 5.56 Å². The molecule has 1 aromatic carbocycles. The lowest BCUT2D eigenvalue weighted by atomic mass is 10.1. The molecule has 0 aliphatic heterocycles. The molecule has 0 spiro atoms. The average Bonchev–Trinajstić information content (AvgIpc) is 2.35. The highest BCUT2D eigenvalue weighted by Gasteiger charge is 2.32. The molecule has 0 aromatic heterocycles. The molecule has 0 aliphatic carbocycles. The Bertz CT molecular complexity index is 398. The summed E-state index contributed by atoms with van der Waals surface area (Å²) in [5.41, 5.74) is 0.182. The molecule has 0 atom stereocenters. The van der Waals surface area contributed by atoms with Gasteiger partial charge < -0.3 is 5.32 Å². The highest BCUT2D eigenvalue weighted by atomic mass is 19.4. The predicted octanol–water partition coefficient (Wildman–Crippen LogP) is 3.93. The van der Waals surface area contributed by atoms with E-state index in [9.17, 15) is 13.2 Å². The molecule has 0 heterocycles. The number of alkyl halides is 3. The third-order valence-electron chi connectivity index (χ3n) is 3.09. The molecular weight excluding hydrogens is 253 g/mol. The lowest BCUT2D eigenvalue weighted by Gasteiger charge is -2.19. The summed E-state index contributed by atoms with van der Waals surface area (Å²) in [6, 6.07) is 4.20. The molecule has 1 N–H and O–H groups in total. The molecule has 107 valence electrons. The fourth-order valence-electron chi connectivity index (χ4n) is 1.90. The molecule has 0 amide bonds. The summed E-state index contributed by atoms with van der Waals surface area (Å²) in [5, 5.41) is 3.03. The zero-order chi connectivity index (χ0) is 14.5. The second-order valence-electron chi connectivity index (χ2n) is 4.26. The summed E-state index contributed by atoms with van der Waals surface area (Å²) in [6.45, 7) is 9.82. The molecule has 1 aromatic rings. The number of hydrogen-bond acceptors (Lipinski definition) is 2. The first-order valence-corrected chi connectivity index (χ1v) is 6.38. The maximum atomic E-state index is 12.7. The van der Waals surface area contributed by atoms with Crippen molar-refractivity contribution >= 4 is 5.69 Å². The fourth-order valence-corrected chi connectivity index (χ4v) is 1.90. The van der Waals surface area contributed by atoms with Crippen molar-refractivity contribution in [1.82, 2.24) is 4.90 Å². The molecule has 0 saturated heterocycles. The van der Waals surface area contributed by atoms with Crippen molar-refractivity contribution in [2.24, 2.45) is 0 Å². The van der Waals surface area contributed by atoms with Crippen LogP contribution in [-0.2, 0) is 6.18 Å². The monoisotopic (exact) mass is 273 g/mol. The second-order valence-corrected chi connectivity index (χ2v) is 4.26. The Hall–Kier alpha value is -1.23. The standard InChI is InChI=1S/C14H20F3N2/c1-4-19(5-2)10-9-18-13-8-6-7-12(11(13)3)14(15,16)17/h6-8,10,18H,4-5,9H2,1-3H3. The van der Waals surface area contributed by atoms with Crippen LogP contribution in [0.4, 0.5) is 18.9 Å². The summed E-state index contributed by atoms with van der Waals surface area (Å²) in [6.07, 6.45) is -4.30. The van der Waals surface area contributed by atoms with Gasteiger partial charge in [-0.1, -0.05) is 19.9 Å². The number of hydrogen-bond donors (Lipinski definition) is 1. The van der Waals surface area contributed by atoms with Crippen molar-refractivity contribution in [2.75, 3.05) is 25.0 Å². The maximum absolute atomic E-state index is 12.7. The van der Waals surface area contributed by atoms with Crippen molar-refractivity contribution in [3.63, 3.8) is 0 Å². The summed E-state index contributed by atoms with van der Waals surface area (Å²) in [5.74, 6) is 0. The van der Waals surface area contributed by atoms with E-state index in [4.69, 9.17) is 0 Å². The zero-order valence-corrected chi connectivity index (χ0v) is 11.5. The van der Waals surface area contributed by atoms with Crippen LogP contribution >= 0.6 is 0 Å². The van der Waals surface area contributed by atoms with E-state index in [0.717, 1.165) is 19.2 Å². The lowest BCUT2D eigenvalue weighted by molar-refractivity contribution is -0.138. The van der Waals surface area contributed by atoms with Crippen LogP contribution in [0.25, 0.3) is 0 Å². The number of rotatable bonds is 6. The van der Waals surface area contributed by atoms with Crippen LogP contribution in [0.5, 0.6) is 0 Å². The van der Waals surface area contributed by atoms with Gasteiger partial charge in [0.05, 0.1) is 5.56 Å². The minimum atomic E-state index is -4.30. The molecule has 0 saturated carbocycles. The van der Waals surface area contributed by atoms with Crippen LogP contribution in [0.3, 0.4) is 0 Å². The SMILES string of the molecule is CCN([CH]CNc1cccc(C(F)(F)F)c1C)CC. The van der Waals surface area contributed by atoms with Gasteiger partial charge in [0.25, 0.3) is 0 Å². The van der Waals surface area contributed by atoms with Gasteiger partial charge in [-0.05, 0) is 37.7 Å². The smallest absolute Gasteiger partial charge is 0.383 e. The Morgan fingerprint density at radius 1 is 1.21 bits per heavy atom. The van der Waals surface area contributed by atoms with E-state index < -0.39 is 11.7 Å². The van der Waals surface area contributed by atoms with Gasteiger partial charge in [0.2, 0.25) is 0 Å². The van der Waals surface area contributed by atoms with Crippen molar-refractivity contribution in [1.29, 1.82) is 0 Å². The molecule has 1 radical (unpaired) electrons. The fraction of sp³-hybridized carbons (Fsp3) is 0.500. The third kappa shape index (κ3) is 4.42. The van der Waals surface area contributed by atoms with Gasteiger partial charge in [0.1, 0.15) is 0 Å². The van der Waals surface area contributed by atoms with Crippen molar-refractivity contribution < 1.29 is 13.2 Å². The van der Waals surface area contributed by atoms with E-state index in [1.54, 1.807) is 6.07 Å². The van der Waals surface area contributed by atoms with Gasteiger partial charge >= 0.3 is 6.18 Å². The maximum Gasteiger partial charge on any atom is 0.416 e. The molecule has 1 rings (SSSR count). The number of nitrogens with zero attached hydrogens (tertiary/aromatic N) is 1. The van der Waals surface area contributed by atoms with Crippen LogP contribution in [-0.4, -0.2) is 24.5 Å². The van der Waals surface area contributed by atoms with Crippen molar-refractivity contribution in [3.05, 3.63) is 35.9 Å². The van der Waals surface area contributed by atoms with Crippen LogP contribution in [0.15, 0.2) is 18.2 Å². The van der Waals surface area contributed by atoms with E-state index >= 15 is 0 Å². The molecule has 0 unspecified atom stereocenters. The van der Waals surface area contributed by atoms with Crippen molar-refractivity contribution in [3.8, 4) is 0 Å². The molecule has 0 fully saturated rings. The second kappa shape index (κ2) is 6.80. The largest absolute Gasteiger partial charge is 0.416 e. The zero-order valence-electron chi connectivity index (χ0n) is 11.5. The molecule has 2 nitrogen and oxygen atoms in total. The summed E-state index contributed by atoms with van der Waals surface area (Å²) in [4.78, 5) is 2.09. The topological polar surface area (TPSA) is 15.3 Å². The van der Waals surface area contributed by atoms with Gasteiger partial charge in [0.15, 0.2) is 0 Å². The Kier molecular flexibility index (Phi) is 5.66. The number of halogens is 3. The predicted molar refractivity (Wildman–Crippen MR) is 71.9 cm³/mol. The van der Waals surface area contributed by atoms with E-state index in [2.05, 4.69) is 10.2 Å². The summed E-state index contributed by atoms with van der Waals surface area (Å²) >= 11 is 0. The minimum absolute atomic E-state index is 0.239. The van der Waals surface area contributed by atoms with Gasteiger partial charge in [-0.3, -0.25) is 4.90 Å². The Morgan fingerprint density at radius 3 is 2.37 bits per heavy atom. The van der Waals surface area contributed by atoms with Crippen LogP contribution in [0.2, 0.25) is 0 Å². The van der Waals surface area contributed by atoms with Crippen LogP contribution in [0.1, 0.15) is 25.0 Å². The Morgan fingerprint density at radius 2 is 1.84 bits per heavy atom. The van der Waals surface area contributed by atoms with Gasteiger partial charge in [-0.15, -0.1) is 0 Å². The van der Waals surface area contributed by atoms with Gasteiger partial charge in [-0.25, -0.2) is 0 Å². The third-order valence-corrected chi connectivity index (χ3v) is 3.09. The molecule has 19 heavy (non-hydrogen) atoms. The number of nitrogens with one attached hydrogen (secondary N) is 1. The summed E-state index contributed by atoms with van der Waals surface area (Å²) < 4.78 is 38.2. The lowest BCUT2D eigenvalue weighted by Crippen LogP contribution is -2.24. The summed E-state index contributed by atoms with van der Waals surface area (Å²) in [7, 11) is 0.